The summed E-state index contributed by atoms with van der Waals surface area (Å²) in [5.41, 5.74) is 3.72. The van der Waals surface area contributed by atoms with E-state index in [0.29, 0.717) is 0 Å². The van der Waals surface area contributed by atoms with Gasteiger partial charge >= 0.3 is 0 Å². The van der Waals surface area contributed by atoms with Crippen LogP contribution in [-0.4, -0.2) is 36.1 Å². The molecule has 5 heteroatoms. The molecule has 156 valence electrons. The summed E-state index contributed by atoms with van der Waals surface area (Å²) in [5, 5.41) is 4.70. The van der Waals surface area contributed by atoms with Gasteiger partial charge in [-0.05, 0) is 50.8 Å². The van der Waals surface area contributed by atoms with Crippen LogP contribution < -0.4 is 5.32 Å². The van der Waals surface area contributed by atoms with Gasteiger partial charge in [0.05, 0.1) is 9.88 Å². The van der Waals surface area contributed by atoms with E-state index in [-0.39, 0.29) is 6.10 Å². The van der Waals surface area contributed by atoms with Crippen molar-refractivity contribution in [3.63, 3.8) is 0 Å². The Hall–Kier alpha value is -2.11. The third kappa shape index (κ3) is 6.18. The first-order valence-corrected chi connectivity index (χ1v) is 11.4. The third-order valence-electron chi connectivity index (χ3n) is 4.86. The smallest absolute Gasteiger partial charge is 0.191 e. The maximum atomic E-state index is 6.48. The number of rotatable bonds is 11. The van der Waals surface area contributed by atoms with Crippen molar-refractivity contribution in [2.75, 3.05) is 25.5 Å². The summed E-state index contributed by atoms with van der Waals surface area (Å²) in [6.07, 6.45) is 4.24. The van der Waals surface area contributed by atoms with Crippen molar-refractivity contribution in [3.8, 4) is 10.4 Å². The molecule has 29 heavy (non-hydrogen) atoms. The van der Waals surface area contributed by atoms with Crippen LogP contribution in [0.2, 0.25) is 0 Å². The maximum absolute atomic E-state index is 6.48. The van der Waals surface area contributed by atoms with Crippen LogP contribution in [0.4, 0.5) is 5.82 Å². The molecule has 1 heterocycles. The molecule has 1 aliphatic rings. The van der Waals surface area contributed by atoms with E-state index in [1.54, 1.807) is 11.3 Å². The number of nitrogens with one attached hydrogen (secondary N) is 1. The number of benzene rings is 1. The summed E-state index contributed by atoms with van der Waals surface area (Å²) < 4.78 is 6.48. The van der Waals surface area contributed by atoms with Gasteiger partial charge in [-0.2, -0.15) is 0 Å². The minimum atomic E-state index is 0.138. The van der Waals surface area contributed by atoms with Crippen molar-refractivity contribution in [1.82, 2.24) is 9.88 Å². The third-order valence-corrected chi connectivity index (χ3v) is 6.11. The molecular weight excluding hydrogens is 378 g/mol. The summed E-state index contributed by atoms with van der Waals surface area (Å²) >= 11 is 1.76. The minimum absolute atomic E-state index is 0.138. The summed E-state index contributed by atoms with van der Waals surface area (Å²) in [4.78, 5) is 8.31. The summed E-state index contributed by atoms with van der Waals surface area (Å²) in [6.45, 7) is 12.2. The van der Waals surface area contributed by atoms with Crippen molar-refractivity contribution in [1.29, 1.82) is 0 Å². The lowest BCUT2D eigenvalue weighted by Gasteiger charge is -2.25. The fraction of sp³-hybridized carbons (Fsp3) is 0.458. The molecule has 1 aromatic carbocycles. The van der Waals surface area contributed by atoms with Crippen LogP contribution in [0.1, 0.15) is 45.0 Å². The van der Waals surface area contributed by atoms with E-state index in [4.69, 9.17) is 9.72 Å². The predicted octanol–water partition coefficient (Wildman–Crippen LogP) is 6.09. The molecular formula is C24H33N3OS. The van der Waals surface area contributed by atoms with Crippen molar-refractivity contribution < 1.29 is 4.74 Å². The highest BCUT2D eigenvalue weighted by molar-refractivity contribution is 7.15. The van der Waals surface area contributed by atoms with Crippen LogP contribution in [-0.2, 0) is 11.2 Å². The van der Waals surface area contributed by atoms with E-state index < -0.39 is 0 Å². The lowest BCUT2D eigenvalue weighted by atomic mass is 10.2. The number of aryl methyl sites for hydroxylation is 1. The summed E-state index contributed by atoms with van der Waals surface area (Å²) in [7, 11) is 2.12. The fourth-order valence-corrected chi connectivity index (χ4v) is 4.24. The largest absolute Gasteiger partial charge is 0.474 e. The number of hydrogen-bond donors (Lipinski definition) is 1. The molecule has 0 amide bonds. The molecule has 0 bridgehead atoms. The summed E-state index contributed by atoms with van der Waals surface area (Å²) in [5.74, 6) is 1.82. The quantitative estimate of drug-likeness (QED) is 0.358. The average molecular weight is 412 g/mol. The van der Waals surface area contributed by atoms with Crippen LogP contribution in [0.5, 0.6) is 0 Å². The standard InChI is InChI=1S/C24H33N3OS/c1-6-20(16-27(5)15-17(3)4)28-24(19-13-14-19)26-23-22(29-21(7-2)25-23)18-11-9-8-10-12-18/h8-12,20,26H,3,6-7,13-16H2,1-2,4-5H3/t20-/m1/s1. The first kappa shape index (κ1) is 21.6. The molecule has 4 nitrogen and oxygen atoms in total. The van der Waals surface area contributed by atoms with E-state index in [1.807, 2.05) is 6.07 Å². The molecule has 1 N–H and O–H groups in total. The number of ether oxygens (including phenoxy) is 1. The van der Waals surface area contributed by atoms with Gasteiger partial charge in [0.15, 0.2) is 11.7 Å². The van der Waals surface area contributed by atoms with Gasteiger partial charge < -0.3 is 10.1 Å². The number of nitrogens with zero attached hydrogens (tertiary/aromatic N) is 2. The van der Waals surface area contributed by atoms with Gasteiger partial charge in [0.25, 0.3) is 0 Å². The second kappa shape index (κ2) is 10.1. The highest BCUT2D eigenvalue weighted by Crippen LogP contribution is 2.38. The predicted molar refractivity (Wildman–Crippen MR) is 124 cm³/mol. The number of hydrogen-bond acceptors (Lipinski definition) is 5. The normalized spacial score (nSPS) is 14.0. The van der Waals surface area contributed by atoms with Crippen LogP contribution in [0.3, 0.4) is 0 Å². The first-order valence-electron chi connectivity index (χ1n) is 10.5. The molecule has 0 aliphatic heterocycles. The van der Waals surface area contributed by atoms with Crippen LogP contribution in [0, 0.1) is 0 Å². The first-order chi connectivity index (χ1) is 14.0. The van der Waals surface area contributed by atoms with Gasteiger partial charge in [0, 0.05) is 13.1 Å². The Balaban J connectivity index is 1.78. The molecule has 1 aromatic heterocycles. The van der Waals surface area contributed by atoms with Gasteiger partial charge in [-0.3, -0.25) is 4.90 Å². The zero-order chi connectivity index (χ0) is 20.8. The van der Waals surface area contributed by atoms with Crippen molar-refractivity contribution in [3.05, 3.63) is 58.9 Å². The monoisotopic (exact) mass is 411 g/mol. The van der Waals surface area contributed by atoms with Crippen LogP contribution in [0.15, 0.2) is 53.9 Å². The second-order valence-electron chi connectivity index (χ2n) is 7.86. The molecule has 0 unspecified atom stereocenters. The molecule has 0 spiro atoms. The lowest BCUT2D eigenvalue weighted by molar-refractivity contribution is 0.0846. The Morgan fingerprint density at radius 2 is 2.00 bits per heavy atom. The van der Waals surface area contributed by atoms with Crippen molar-refractivity contribution in [2.45, 2.75) is 52.6 Å². The Kier molecular flexibility index (Phi) is 7.51. The van der Waals surface area contributed by atoms with E-state index in [9.17, 15) is 0 Å². The number of allylic oxidation sites excluding steroid dienone is 1. The number of likely N-dealkylation sites (N-methyl/N-ethyl adjacent to an activating group) is 1. The Labute approximate surface area is 179 Å². The zero-order valence-corrected chi connectivity index (χ0v) is 18.9. The Bertz CT molecular complexity index is 850. The van der Waals surface area contributed by atoms with Gasteiger partial charge in [-0.15, -0.1) is 11.3 Å². The molecule has 1 aliphatic carbocycles. The van der Waals surface area contributed by atoms with Crippen molar-refractivity contribution >= 4 is 17.2 Å². The molecule has 1 saturated carbocycles. The van der Waals surface area contributed by atoms with Gasteiger partial charge in [-0.25, -0.2) is 4.98 Å². The zero-order valence-electron chi connectivity index (χ0n) is 18.1. The number of aromatic nitrogens is 1. The number of anilines is 1. The minimum Gasteiger partial charge on any atom is -0.474 e. The topological polar surface area (TPSA) is 37.4 Å². The Morgan fingerprint density at radius 3 is 2.59 bits per heavy atom. The van der Waals surface area contributed by atoms with E-state index in [1.165, 1.54) is 21.6 Å². The van der Waals surface area contributed by atoms with Gasteiger partial charge in [0.2, 0.25) is 0 Å². The van der Waals surface area contributed by atoms with Gasteiger partial charge in [-0.1, -0.05) is 56.3 Å². The SMILES string of the molecule is C=C(C)CN(C)C[C@@H](CC)OC(Nc1nc(CC)sc1-c1ccccc1)=C1CC1. The van der Waals surface area contributed by atoms with Crippen LogP contribution in [0.25, 0.3) is 10.4 Å². The van der Waals surface area contributed by atoms with Crippen LogP contribution >= 0.6 is 11.3 Å². The number of thiazole rings is 1. The van der Waals surface area contributed by atoms with Crippen molar-refractivity contribution in [2.24, 2.45) is 0 Å². The highest BCUT2D eigenvalue weighted by Gasteiger charge is 2.24. The molecule has 0 radical (unpaired) electrons. The molecule has 2 aromatic rings. The van der Waals surface area contributed by atoms with E-state index in [2.05, 4.69) is 68.9 Å². The van der Waals surface area contributed by atoms with Gasteiger partial charge in [0.1, 0.15) is 6.10 Å². The van der Waals surface area contributed by atoms with E-state index in [0.717, 1.165) is 55.5 Å². The Morgan fingerprint density at radius 1 is 1.28 bits per heavy atom. The summed E-state index contributed by atoms with van der Waals surface area (Å²) in [6, 6.07) is 10.5. The van der Waals surface area contributed by atoms with E-state index >= 15 is 0 Å². The fourth-order valence-electron chi connectivity index (χ4n) is 3.27. The average Bonchev–Trinajstić information content (AvgIpc) is 3.47. The molecule has 1 atom stereocenters. The lowest BCUT2D eigenvalue weighted by Crippen LogP contribution is -2.32. The maximum Gasteiger partial charge on any atom is 0.191 e. The molecule has 0 saturated heterocycles. The molecule has 1 fully saturated rings. The highest BCUT2D eigenvalue weighted by atomic mass is 32.1. The molecule has 3 rings (SSSR count). The second-order valence-corrected chi connectivity index (χ2v) is 8.95.